The van der Waals surface area contributed by atoms with E-state index in [2.05, 4.69) is 10.3 Å². The summed E-state index contributed by atoms with van der Waals surface area (Å²) >= 11 is 5.64. The van der Waals surface area contributed by atoms with Crippen molar-refractivity contribution >= 4 is 23.1 Å². The van der Waals surface area contributed by atoms with Crippen molar-refractivity contribution in [3.63, 3.8) is 0 Å². The summed E-state index contributed by atoms with van der Waals surface area (Å²) in [7, 11) is 0. The van der Waals surface area contributed by atoms with Crippen LogP contribution >= 0.6 is 11.6 Å². The van der Waals surface area contributed by atoms with Gasteiger partial charge in [-0.25, -0.2) is 9.37 Å². The third-order valence-electron chi connectivity index (χ3n) is 2.44. The second-order valence-corrected chi connectivity index (χ2v) is 4.36. The lowest BCUT2D eigenvalue weighted by atomic mass is 10.1. The minimum Gasteiger partial charge on any atom is -0.338 e. The summed E-state index contributed by atoms with van der Waals surface area (Å²) in [6.07, 6.45) is 1.41. The molecule has 17 heavy (non-hydrogen) atoms. The van der Waals surface area contributed by atoms with Crippen LogP contribution in [0.2, 0.25) is 5.02 Å². The lowest BCUT2D eigenvalue weighted by Crippen LogP contribution is -1.98. The molecule has 1 aromatic carbocycles. The molecule has 0 bridgehead atoms. The first-order valence-electron chi connectivity index (χ1n) is 5.21. The molecule has 0 aliphatic rings. The fourth-order valence-corrected chi connectivity index (χ4v) is 1.73. The van der Waals surface area contributed by atoms with Crippen LogP contribution in [0.1, 0.15) is 11.1 Å². The van der Waals surface area contributed by atoms with E-state index in [-0.39, 0.29) is 10.8 Å². The van der Waals surface area contributed by atoms with E-state index in [1.165, 1.54) is 12.3 Å². The highest BCUT2D eigenvalue weighted by molar-refractivity contribution is 6.30. The third-order valence-corrected chi connectivity index (χ3v) is 2.65. The monoisotopic (exact) mass is 250 g/mol. The van der Waals surface area contributed by atoms with Crippen LogP contribution in [0.25, 0.3) is 0 Å². The van der Waals surface area contributed by atoms with Gasteiger partial charge in [0.2, 0.25) is 0 Å². The molecule has 88 valence electrons. The Bertz CT molecular complexity index is 506. The number of pyridine rings is 1. The van der Waals surface area contributed by atoms with Gasteiger partial charge in [0.25, 0.3) is 0 Å². The molecule has 0 aliphatic carbocycles. The normalized spacial score (nSPS) is 10.4. The van der Waals surface area contributed by atoms with Gasteiger partial charge in [-0.15, -0.1) is 0 Å². The van der Waals surface area contributed by atoms with E-state index in [9.17, 15) is 4.39 Å². The van der Waals surface area contributed by atoms with Crippen molar-refractivity contribution in [2.24, 2.45) is 0 Å². The standard InChI is InChI=1S/C13H12ClFN2/c1-8-3-4-12(9(2)5-8)17-13-11(15)6-10(14)7-16-13/h3-7H,1-2H3,(H,16,17). The van der Waals surface area contributed by atoms with Gasteiger partial charge in [-0.3, -0.25) is 0 Å². The molecule has 0 fully saturated rings. The second-order valence-electron chi connectivity index (χ2n) is 3.93. The highest BCUT2D eigenvalue weighted by Crippen LogP contribution is 2.23. The number of aryl methyl sites for hydroxylation is 2. The summed E-state index contributed by atoms with van der Waals surface area (Å²) in [4.78, 5) is 3.92. The predicted octanol–water partition coefficient (Wildman–Crippen LogP) is 4.23. The Hall–Kier alpha value is -1.61. The highest BCUT2D eigenvalue weighted by atomic mass is 35.5. The van der Waals surface area contributed by atoms with E-state index in [4.69, 9.17) is 11.6 Å². The molecule has 1 heterocycles. The van der Waals surface area contributed by atoms with Crippen LogP contribution in [0.5, 0.6) is 0 Å². The minimum atomic E-state index is -0.461. The Balaban J connectivity index is 2.31. The summed E-state index contributed by atoms with van der Waals surface area (Å²) in [6.45, 7) is 3.97. The fraction of sp³-hybridized carbons (Fsp3) is 0.154. The molecule has 0 unspecified atom stereocenters. The van der Waals surface area contributed by atoms with Crippen molar-refractivity contribution in [3.05, 3.63) is 52.4 Å². The number of aromatic nitrogens is 1. The number of nitrogens with zero attached hydrogens (tertiary/aromatic N) is 1. The number of hydrogen-bond donors (Lipinski definition) is 1. The van der Waals surface area contributed by atoms with Gasteiger partial charge in [-0.1, -0.05) is 29.3 Å². The molecule has 1 aromatic heterocycles. The van der Waals surface area contributed by atoms with Gasteiger partial charge in [0.05, 0.1) is 5.02 Å². The topological polar surface area (TPSA) is 24.9 Å². The molecule has 1 N–H and O–H groups in total. The van der Waals surface area contributed by atoms with Gasteiger partial charge < -0.3 is 5.32 Å². The van der Waals surface area contributed by atoms with Gasteiger partial charge in [0.15, 0.2) is 11.6 Å². The Kier molecular flexibility index (Phi) is 3.29. The summed E-state index contributed by atoms with van der Waals surface area (Å²) in [5, 5.41) is 3.24. The molecule has 2 rings (SSSR count). The van der Waals surface area contributed by atoms with Crippen LogP contribution in [0, 0.1) is 19.7 Å². The van der Waals surface area contributed by atoms with Gasteiger partial charge >= 0.3 is 0 Å². The Labute approximate surface area is 104 Å². The first kappa shape index (κ1) is 11.9. The van der Waals surface area contributed by atoms with E-state index >= 15 is 0 Å². The number of halogens is 2. The molecular weight excluding hydrogens is 239 g/mol. The maximum Gasteiger partial charge on any atom is 0.167 e. The van der Waals surface area contributed by atoms with Crippen LogP contribution in [0.3, 0.4) is 0 Å². The third kappa shape index (κ3) is 2.74. The smallest absolute Gasteiger partial charge is 0.167 e. The van der Waals surface area contributed by atoms with Crippen LogP contribution in [0.4, 0.5) is 15.9 Å². The number of benzene rings is 1. The Morgan fingerprint density at radius 3 is 2.65 bits per heavy atom. The van der Waals surface area contributed by atoms with Gasteiger partial charge in [0, 0.05) is 11.9 Å². The fourth-order valence-electron chi connectivity index (χ4n) is 1.59. The zero-order valence-corrected chi connectivity index (χ0v) is 10.3. The Morgan fingerprint density at radius 1 is 1.24 bits per heavy atom. The molecule has 0 radical (unpaired) electrons. The molecular formula is C13H12ClFN2. The molecule has 2 nitrogen and oxygen atoms in total. The molecule has 0 saturated carbocycles. The predicted molar refractivity (Wildman–Crippen MR) is 68.4 cm³/mol. The summed E-state index contributed by atoms with van der Waals surface area (Å²) in [5.41, 5.74) is 3.04. The molecule has 0 saturated heterocycles. The van der Waals surface area contributed by atoms with Crippen molar-refractivity contribution in [2.45, 2.75) is 13.8 Å². The average Bonchev–Trinajstić information content (AvgIpc) is 2.25. The van der Waals surface area contributed by atoms with E-state index in [1.807, 2.05) is 32.0 Å². The summed E-state index contributed by atoms with van der Waals surface area (Å²) in [6, 6.07) is 7.13. The van der Waals surface area contributed by atoms with E-state index in [0.717, 1.165) is 16.8 Å². The maximum absolute atomic E-state index is 13.5. The summed E-state index contributed by atoms with van der Waals surface area (Å²) < 4.78 is 13.5. The zero-order valence-electron chi connectivity index (χ0n) is 9.59. The van der Waals surface area contributed by atoms with Crippen molar-refractivity contribution in [3.8, 4) is 0 Å². The van der Waals surface area contributed by atoms with Gasteiger partial charge in [-0.05, 0) is 31.5 Å². The first-order chi connectivity index (χ1) is 8.06. The maximum atomic E-state index is 13.5. The number of hydrogen-bond acceptors (Lipinski definition) is 2. The largest absolute Gasteiger partial charge is 0.338 e. The molecule has 4 heteroatoms. The SMILES string of the molecule is Cc1ccc(Nc2ncc(Cl)cc2F)c(C)c1. The lowest BCUT2D eigenvalue weighted by Gasteiger charge is -2.10. The molecule has 0 atom stereocenters. The van der Waals surface area contributed by atoms with Crippen LogP contribution in [-0.2, 0) is 0 Å². The minimum absolute atomic E-state index is 0.182. The summed E-state index contributed by atoms with van der Waals surface area (Å²) in [5.74, 6) is -0.279. The first-order valence-corrected chi connectivity index (χ1v) is 5.59. The molecule has 0 spiro atoms. The molecule has 0 aliphatic heterocycles. The number of anilines is 2. The van der Waals surface area contributed by atoms with Crippen molar-refractivity contribution in [2.75, 3.05) is 5.32 Å². The van der Waals surface area contributed by atoms with Crippen molar-refractivity contribution in [1.29, 1.82) is 0 Å². The van der Waals surface area contributed by atoms with E-state index < -0.39 is 5.82 Å². The van der Waals surface area contributed by atoms with Crippen molar-refractivity contribution < 1.29 is 4.39 Å². The zero-order chi connectivity index (χ0) is 12.4. The molecule has 2 aromatic rings. The number of nitrogens with one attached hydrogen (secondary N) is 1. The van der Waals surface area contributed by atoms with Crippen molar-refractivity contribution in [1.82, 2.24) is 4.98 Å². The lowest BCUT2D eigenvalue weighted by molar-refractivity contribution is 0.626. The van der Waals surface area contributed by atoms with Gasteiger partial charge in [0.1, 0.15) is 0 Å². The van der Waals surface area contributed by atoms with Gasteiger partial charge in [-0.2, -0.15) is 0 Å². The van der Waals surface area contributed by atoms with E-state index in [0.29, 0.717) is 0 Å². The van der Waals surface area contributed by atoms with E-state index in [1.54, 1.807) is 0 Å². The second kappa shape index (κ2) is 4.72. The quantitative estimate of drug-likeness (QED) is 0.863. The molecule has 0 amide bonds. The van der Waals surface area contributed by atoms with Crippen LogP contribution < -0.4 is 5.32 Å². The highest BCUT2D eigenvalue weighted by Gasteiger charge is 2.06. The average molecular weight is 251 g/mol. The number of rotatable bonds is 2. The van der Waals surface area contributed by atoms with Crippen LogP contribution in [-0.4, -0.2) is 4.98 Å². The Morgan fingerprint density at radius 2 is 2.00 bits per heavy atom. The van der Waals surface area contributed by atoms with Crippen LogP contribution in [0.15, 0.2) is 30.5 Å².